The number of morpholine rings is 1. The SMILES string of the molecule is O=C(NCC(C1CCOC1)N1CCOCC1)c1cccnc1Nc1ccccc1F. The molecular formula is C22H27FN4O3. The summed E-state index contributed by atoms with van der Waals surface area (Å²) in [6, 6.07) is 9.90. The van der Waals surface area contributed by atoms with Crippen LogP contribution in [0.3, 0.4) is 0 Å². The van der Waals surface area contributed by atoms with E-state index in [2.05, 4.69) is 20.5 Å². The predicted molar refractivity (Wildman–Crippen MR) is 111 cm³/mol. The number of rotatable bonds is 7. The summed E-state index contributed by atoms with van der Waals surface area (Å²) in [6.45, 7) is 5.10. The number of ether oxygens (including phenoxy) is 2. The first-order valence-corrected chi connectivity index (χ1v) is 10.4. The van der Waals surface area contributed by atoms with Gasteiger partial charge in [0.15, 0.2) is 0 Å². The minimum absolute atomic E-state index is 0.194. The monoisotopic (exact) mass is 414 g/mol. The minimum atomic E-state index is -0.400. The zero-order valence-electron chi connectivity index (χ0n) is 16.9. The Balaban J connectivity index is 1.45. The number of halogens is 1. The first kappa shape index (κ1) is 20.7. The Morgan fingerprint density at radius 1 is 1.17 bits per heavy atom. The van der Waals surface area contributed by atoms with Crippen molar-refractivity contribution < 1.29 is 18.7 Å². The van der Waals surface area contributed by atoms with Gasteiger partial charge in [0.25, 0.3) is 5.91 Å². The molecule has 0 aliphatic carbocycles. The largest absolute Gasteiger partial charge is 0.381 e. The molecule has 2 aromatic rings. The highest BCUT2D eigenvalue weighted by atomic mass is 19.1. The van der Waals surface area contributed by atoms with E-state index in [0.29, 0.717) is 43.7 Å². The third kappa shape index (κ3) is 4.95. The molecule has 1 amide bonds. The normalized spacial score (nSPS) is 20.6. The third-order valence-electron chi connectivity index (χ3n) is 5.67. The van der Waals surface area contributed by atoms with Gasteiger partial charge in [-0.3, -0.25) is 9.69 Å². The number of nitrogens with one attached hydrogen (secondary N) is 2. The number of anilines is 2. The number of nitrogens with zero attached hydrogens (tertiary/aromatic N) is 2. The molecule has 0 saturated carbocycles. The molecule has 30 heavy (non-hydrogen) atoms. The van der Waals surface area contributed by atoms with Gasteiger partial charge in [0.1, 0.15) is 11.6 Å². The van der Waals surface area contributed by atoms with Crippen molar-refractivity contribution in [3.05, 3.63) is 54.0 Å². The van der Waals surface area contributed by atoms with Gasteiger partial charge >= 0.3 is 0 Å². The van der Waals surface area contributed by atoms with Gasteiger partial charge in [0, 0.05) is 44.4 Å². The maximum Gasteiger partial charge on any atom is 0.255 e. The molecule has 2 aliphatic rings. The number of aromatic nitrogens is 1. The molecule has 1 aromatic carbocycles. The second-order valence-electron chi connectivity index (χ2n) is 7.55. The van der Waals surface area contributed by atoms with E-state index in [1.54, 1.807) is 36.5 Å². The lowest BCUT2D eigenvalue weighted by molar-refractivity contribution is 0.00166. The molecule has 0 radical (unpaired) electrons. The average molecular weight is 414 g/mol. The molecule has 160 valence electrons. The summed E-state index contributed by atoms with van der Waals surface area (Å²) in [7, 11) is 0. The molecule has 2 saturated heterocycles. The fourth-order valence-corrected chi connectivity index (χ4v) is 4.03. The predicted octanol–water partition coefficient (Wildman–Crippen LogP) is 2.43. The van der Waals surface area contributed by atoms with Crippen molar-refractivity contribution in [2.24, 2.45) is 5.92 Å². The van der Waals surface area contributed by atoms with E-state index in [1.165, 1.54) is 6.07 Å². The summed E-state index contributed by atoms with van der Waals surface area (Å²) in [5.74, 6) is 0.0720. The highest BCUT2D eigenvalue weighted by Crippen LogP contribution is 2.23. The van der Waals surface area contributed by atoms with Gasteiger partial charge < -0.3 is 20.1 Å². The van der Waals surface area contributed by atoms with E-state index < -0.39 is 5.82 Å². The molecule has 2 unspecified atom stereocenters. The van der Waals surface area contributed by atoms with Crippen LogP contribution in [0, 0.1) is 11.7 Å². The lowest BCUT2D eigenvalue weighted by Crippen LogP contribution is -2.52. The Labute approximate surface area is 175 Å². The van der Waals surface area contributed by atoms with Crippen molar-refractivity contribution in [3.63, 3.8) is 0 Å². The third-order valence-corrected chi connectivity index (χ3v) is 5.67. The van der Waals surface area contributed by atoms with Crippen LogP contribution in [-0.4, -0.2) is 67.9 Å². The van der Waals surface area contributed by atoms with E-state index >= 15 is 0 Å². The molecule has 0 bridgehead atoms. The minimum Gasteiger partial charge on any atom is -0.381 e. The molecule has 7 nitrogen and oxygen atoms in total. The lowest BCUT2D eigenvalue weighted by Gasteiger charge is -2.37. The number of carbonyl (C=O) groups excluding carboxylic acids is 1. The molecule has 2 fully saturated rings. The Kier molecular flexibility index (Phi) is 6.88. The van der Waals surface area contributed by atoms with Gasteiger partial charge in [0.05, 0.1) is 31.1 Å². The smallest absolute Gasteiger partial charge is 0.255 e. The Hall–Kier alpha value is -2.55. The zero-order chi connectivity index (χ0) is 20.8. The summed E-state index contributed by atoms with van der Waals surface area (Å²) in [6.07, 6.45) is 2.57. The number of amides is 1. The number of carbonyl (C=O) groups is 1. The first-order chi connectivity index (χ1) is 14.7. The Bertz CT molecular complexity index is 854. The highest BCUT2D eigenvalue weighted by Gasteiger charge is 2.32. The molecule has 0 spiro atoms. The topological polar surface area (TPSA) is 75.7 Å². The van der Waals surface area contributed by atoms with E-state index in [0.717, 1.165) is 26.1 Å². The first-order valence-electron chi connectivity index (χ1n) is 10.4. The maximum absolute atomic E-state index is 14.0. The van der Waals surface area contributed by atoms with Gasteiger partial charge in [-0.05, 0) is 30.7 Å². The number of para-hydroxylation sites is 1. The fraction of sp³-hybridized carbons (Fsp3) is 0.455. The van der Waals surface area contributed by atoms with E-state index in [1.807, 2.05) is 0 Å². The van der Waals surface area contributed by atoms with E-state index in [-0.39, 0.29) is 17.6 Å². The highest BCUT2D eigenvalue weighted by molar-refractivity contribution is 5.99. The van der Waals surface area contributed by atoms with Gasteiger partial charge in [0.2, 0.25) is 0 Å². The standard InChI is InChI=1S/C22H27FN4O3/c23-18-5-1-2-6-19(18)26-21-17(4-3-8-24-21)22(28)25-14-20(16-7-11-30-15-16)27-9-12-29-13-10-27/h1-6,8,16,20H,7,9-15H2,(H,24,26)(H,25,28). The number of benzene rings is 1. The van der Waals surface area contributed by atoms with Crippen molar-refractivity contribution >= 4 is 17.4 Å². The van der Waals surface area contributed by atoms with Crippen molar-refractivity contribution in [2.75, 3.05) is 51.4 Å². The van der Waals surface area contributed by atoms with Gasteiger partial charge in [-0.1, -0.05) is 12.1 Å². The number of hydrogen-bond donors (Lipinski definition) is 2. The number of pyridine rings is 1. The maximum atomic E-state index is 14.0. The lowest BCUT2D eigenvalue weighted by atomic mass is 9.96. The van der Waals surface area contributed by atoms with Crippen LogP contribution in [0.2, 0.25) is 0 Å². The second kappa shape index (κ2) is 9.97. The van der Waals surface area contributed by atoms with Gasteiger partial charge in [-0.15, -0.1) is 0 Å². The molecule has 1 aromatic heterocycles. The molecule has 4 rings (SSSR count). The quantitative estimate of drug-likeness (QED) is 0.725. The van der Waals surface area contributed by atoms with Crippen molar-refractivity contribution in [2.45, 2.75) is 12.5 Å². The van der Waals surface area contributed by atoms with Crippen molar-refractivity contribution in [1.29, 1.82) is 0 Å². The summed E-state index contributed by atoms with van der Waals surface area (Å²) in [4.78, 5) is 19.6. The van der Waals surface area contributed by atoms with E-state index in [4.69, 9.17) is 9.47 Å². The Morgan fingerprint density at radius 2 is 2.00 bits per heavy atom. The van der Waals surface area contributed by atoms with Gasteiger partial charge in [-0.2, -0.15) is 0 Å². The van der Waals surface area contributed by atoms with Crippen LogP contribution < -0.4 is 10.6 Å². The summed E-state index contributed by atoms with van der Waals surface area (Å²) in [5, 5.41) is 6.00. The van der Waals surface area contributed by atoms with Crippen LogP contribution in [0.1, 0.15) is 16.8 Å². The molecule has 8 heteroatoms. The van der Waals surface area contributed by atoms with Crippen molar-refractivity contribution in [3.8, 4) is 0 Å². The number of hydrogen-bond acceptors (Lipinski definition) is 6. The summed E-state index contributed by atoms with van der Waals surface area (Å²) >= 11 is 0. The van der Waals surface area contributed by atoms with Crippen LogP contribution in [0.4, 0.5) is 15.9 Å². The van der Waals surface area contributed by atoms with Crippen LogP contribution >= 0.6 is 0 Å². The molecule has 2 aliphatic heterocycles. The fourth-order valence-electron chi connectivity index (χ4n) is 4.03. The zero-order valence-corrected chi connectivity index (χ0v) is 16.9. The van der Waals surface area contributed by atoms with E-state index in [9.17, 15) is 9.18 Å². The van der Waals surface area contributed by atoms with Crippen LogP contribution in [0.25, 0.3) is 0 Å². The molecular weight excluding hydrogens is 387 g/mol. The Morgan fingerprint density at radius 3 is 2.77 bits per heavy atom. The van der Waals surface area contributed by atoms with Crippen LogP contribution in [0.15, 0.2) is 42.6 Å². The molecule has 2 N–H and O–H groups in total. The van der Waals surface area contributed by atoms with Gasteiger partial charge in [-0.25, -0.2) is 9.37 Å². The molecule has 3 heterocycles. The second-order valence-corrected chi connectivity index (χ2v) is 7.55. The molecule has 2 atom stereocenters. The summed E-state index contributed by atoms with van der Waals surface area (Å²) < 4.78 is 25.1. The van der Waals surface area contributed by atoms with Crippen LogP contribution in [0.5, 0.6) is 0 Å². The average Bonchev–Trinajstić information content (AvgIpc) is 3.31. The van der Waals surface area contributed by atoms with Crippen molar-refractivity contribution in [1.82, 2.24) is 15.2 Å². The van der Waals surface area contributed by atoms with Crippen LogP contribution in [-0.2, 0) is 9.47 Å². The summed E-state index contributed by atoms with van der Waals surface area (Å²) in [5.41, 5.74) is 0.656.